The van der Waals surface area contributed by atoms with Gasteiger partial charge >= 0.3 is 0 Å². The molecule has 0 aliphatic rings. The molecule has 0 aliphatic carbocycles. The average molecular weight is 300 g/mol. The first kappa shape index (κ1) is 20.9. The molecule has 0 spiro atoms. The van der Waals surface area contributed by atoms with Gasteiger partial charge in [0.05, 0.1) is 6.10 Å². The van der Waals surface area contributed by atoms with E-state index < -0.39 is 0 Å². The van der Waals surface area contributed by atoms with E-state index in [1.165, 1.54) is 83.7 Å². The number of unbranched alkanes of at least 4 members (excludes halogenated alkanes) is 9. The zero-order chi connectivity index (χ0) is 15.8. The van der Waals surface area contributed by atoms with Crippen LogP contribution in [-0.4, -0.2) is 36.2 Å². The lowest BCUT2D eigenvalue weighted by Crippen LogP contribution is -2.20. The molecule has 0 heterocycles. The zero-order valence-corrected chi connectivity index (χ0v) is 15.1. The third-order valence-corrected chi connectivity index (χ3v) is 4.44. The molecule has 0 bridgehead atoms. The fourth-order valence-electron chi connectivity index (χ4n) is 2.74. The summed E-state index contributed by atoms with van der Waals surface area (Å²) in [5.74, 6) is 0. The molecule has 2 heteroatoms. The molecule has 21 heavy (non-hydrogen) atoms. The Morgan fingerprint density at radius 2 is 1.19 bits per heavy atom. The summed E-state index contributed by atoms with van der Waals surface area (Å²) < 4.78 is 0. The highest BCUT2D eigenvalue weighted by molar-refractivity contribution is 4.55. The highest BCUT2D eigenvalue weighted by Crippen LogP contribution is 2.12. The van der Waals surface area contributed by atoms with Crippen LogP contribution in [0, 0.1) is 0 Å². The molecule has 0 aromatic rings. The standard InChI is InChI=1S/C19H41NO/c1-4-6-17-20(3)18-15-13-11-9-7-8-10-12-14-16-19(21)5-2/h19,21H,4-18H2,1-3H3. The van der Waals surface area contributed by atoms with Crippen molar-refractivity contribution < 1.29 is 5.11 Å². The van der Waals surface area contributed by atoms with Gasteiger partial charge in [-0.1, -0.05) is 71.6 Å². The minimum atomic E-state index is -0.0551. The van der Waals surface area contributed by atoms with Gasteiger partial charge in [-0.3, -0.25) is 0 Å². The summed E-state index contributed by atoms with van der Waals surface area (Å²) >= 11 is 0. The van der Waals surface area contributed by atoms with Crippen molar-refractivity contribution in [2.75, 3.05) is 20.1 Å². The lowest BCUT2D eigenvalue weighted by atomic mass is 10.0. The predicted octanol–water partition coefficient (Wildman–Crippen LogP) is 5.39. The smallest absolute Gasteiger partial charge is 0.0537 e. The van der Waals surface area contributed by atoms with Crippen LogP contribution in [0.1, 0.15) is 97.3 Å². The zero-order valence-electron chi connectivity index (χ0n) is 15.1. The third-order valence-electron chi connectivity index (χ3n) is 4.44. The normalized spacial score (nSPS) is 13.0. The highest BCUT2D eigenvalue weighted by atomic mass is 16.3. The highest BCUT2D eigenvalue weighted by Gasteiger charge is 2.00. The second-order valence-electron chi connectivity index (χ2n) is 6.69. The lowest BCUT2D eigenvalue weighted by molar-refractivity contribution is 0.156. The Morgan fingerprint density at radius 3 is 1.71 bits per heavy atom. The number of nitrogens with zero attached hydrogens (tertiary/aromatic N) is 1. The summed E-state index contributed by atoms with van der Waals surface area (Å²) in [6.07, 6.45) is 16.8. The lowest BCUT2D eigenvalue weighted by Gasteiger charge is -2.15. The maximum Gasteiger partial charge on any atom is 0.0537 e. The van der Waals surface area contributed by atoms with Gasteiger partial charge in [-0.05, 0) is 45.8 Å². The number of aliphatic hydroxyl groups is 1. The van der Waals surface area contributed by atoms with Crippen molar-refractivity contribution in [2.24, 2.45) is 0 Å². The van der Waals surface area contributed by atoms with Crippen molar-refractivity contribution in [3.8, 4) is 0 Å². The average Bonchev–Trinajstić information content (AvgIpc) is 2.50. The number of aliphatic hydroxyl groups excluding tert-OH is 1. The molecular formula is C19H41NO. The Labute approximate surface area is 134 Å². The van der Waals surface area contributed by atoms with Crippen molar-refractivity contribution >= 4 is 0 Å². The first-order chi connectivity index (χ1) is 10.2. The van der Waals surface area contributed by atoms with E-state index in [4.69, 9.17) is 0 Å². The molecule has 1 unspecified atom stereocenters. The summed E-state index contributed by atoms with van der Waals surface area (Å²) in [7, 11) is 2.26. The molecule has 1 atom stereocenters. The molecule has 0 saturated carbocycles. The van der Waals surface area contributed by atoms with E-state index in [1.54, 1.807) is 0 Å². The van der Waals surface area contributed by atoms with Crippen LogP contribution in [0.5, 0.6) is 0 Å². The van der Waals surface area contributed by atoms with Crippen LogP contribution in [0.15, 0.2) is 0 Å². The predicted molar refractivity (Wildman–Crippen MR) is 94.9 cm³/mol. The molecule has 0 fully saturated rings. The van der Waals surface area contributed by atoms with E-state index in [9.17, 15) is 5.11 Å². The van der Waals surface area contributed by atoms with E-state index in [1.807, 2.05) is 0 Å². The van der Waals surface area contributed by atoms with Crippen molar-refractivity contribution in [1.29, 1.82) is 0 Å². The fourth-order valence-corrected chi connectivity index (χ4v) is 2.74. The number of hydrogen-bond acceptors (Lipinski definition) is 2. The number of hydrogen-bond donors (Lipinski definition) is 1. The van der Waals surface area contributed by atoms with Crippen LogP contribution in [0.2, 0.25) is 0 Å². The molecule has 2 nitrogen and oxygen atoms in total. The van der Waals surface area contributed by atoms with Gasteiger partial charge in [0.15, 0.2) is 0 Å². The van der Waals surface area contributed by atoms with Gasteiger partial charge in [-0.25, -0.2) is 0 Å². The van der Waals surface area contributed by atoms with Gasteiger partial charge in [0.2, 0.25) is 0 Å². The van der Waals surface area contributed by atoms with Gasteiger partial charge in [0, 0.05) is 0 Å². The van der Waals surface area contributed by atoms with E-state index in [0.717, 1.165) is 12.8 Å². The van der Waals surface area contributed by atoms with Crippen molar-refractivity contribution in [2.45, 2.75) is 103 Å². The van der Waals surface area contributed by atoms with E-state index in [2.05, 4.69) is 25.8 Å². The van der Waals surface area contributed by atoms with E-state index in [0.29, 0.717) is 0 Å². The van der Waals surface area contributed by atoms with Gasteiger partial charge in [-0.15, -0.1) is 0 Å². The minimum absolute atomic E-state index is 0.0551. The molecule has 128 valence electrons. The van der Waals surface area contributed by atoms with Crippen LogP contribution in [0.25, 0.3) is 0 Å². The third kappa shape index (κ3) is 16.1. The molecule has 1 N–H and O–H groups in total. The van der Waals surface area contributed by atoms with Gasteiger partial charge < -0.3 is 10.0 Å². The maximum absolute atomic E-state index is 9.46. The summed E-state index contributed by atoms with van der Waals surface area (Å²) in [5, 5.41) is 9.46. The van der Waals surface area contributed by atoms with Gasteiger partial charge in [0.25, 0.3) is 0 Å². The minimum Gasteiger partial charge on any atom is -0.393 e. The van der Waals surface area contributed by atoms with Crippen LogP contribution in [0.3, 0.4) is 0 Å². The molecule has 0 aliphatic heterocycles. The largest absolute Gasteiger partial charge is 0.393 e. The van der Waals surface area contributed by atoms with Crippen LogP contribution < -0.4 is 0 Å². The molecule has 0 aromatic carbocycles. The Bertz CT molecular complexity index is 196. The fraction of sp³-hybridized carbons (Fsp3) is 1.00. The first-order valence-corrected chi connectivity index (χ1v) is 9.57. The second-order valence-corrected chi connectivity index (χ2v) is 6.69. The Hall–Kier alpha value is -0.0800. The summed E-state index contributed by atoms with van der Waals surface area (Å²) in [6.45, 7) is 6.87. The van der Waals surface area contributed by atoms with Crippen LogP contribution in [0.4, 0.5) is 0 Å². The quantitative estimate of drug-likeness (QED) is 0.386. The first-order valence-electron chi connectivity index (χ1n) is 9.57. The van der Waals surface area contributed by atoms with Gasteiger partial charge in [-0.2, -0.15) is 0 Å². The molecule has 0 aromatic heterocycles. The molecule has 0 rings (SSSR count). The van der Waals surface area contributed by atoms with E-state index in [-0.39, 0.29) is 6.10 Å². The number of rotatable bonds is 16. The summed E-state index contributed by atoms with van der Waals surface area (Å²) in [4.78, 5) is 2.48. The summed E-state index contributed by atoms with van der Waals surface area (Å²) in [6, 6.07) is 0. The van der Waals surface area contributed by atoms with E-state index >= 15 is 0 Å². The molecular weight excluding hydrogens is 258 g/mol. The van der Waals surface area contributed by atoms with Gasteiger partial charge in [0.1, 0.15) is 0 Å². The molecule has 0 amide bonds. The second kappa shape index (κ2) is 16.3. The molecule has 0 saturated heterocycles. The summed E-state index contributed by atoms with van der Waals surface area (Å²) in [5.41, 5.74) is 0. The SMILES string of the molecule is CCCCN(C)CCCCCCCCCCCC(O)CC. The van der Waals surface area contributed by atoms with Crippen LogP contribution in [-0.2, 0) is 0 Å². The topological polar surface area (TPSA) is 23.5 Å². The van der Waals surface area contributed by atoms with Crippen molar-refractivity contribution in [1.82, 2.24) is 4.90 Å². The monoisotopic (exact) mass is 299 g/mol. The van der Waals surface area contributed by atoms with Crippen LogP contribution >= 0.6 is 0 Å². The van der Waals surface area contributed by atoms with Crippen molar-refractivity contribution in [3.63, 3.8) is 0 Å². The molecule has 0 radical (unpaired) electrons. The van der Waals surface area contributed by atoms with Crippen molar-refractivity contribution in [3.05, 3.63) is 0 Å². The Kier molecular flexibility index (Phi) is 16.2. The Balaban J connectivity index is 3.09. The maximum atomic E-state index is 9.46. The Morgan fingerprint density at radius 1 is 0.714 bits per heavy atom.